The van der Waals surface area contributed by atoms with Crippen LogP contribution in [0.1, 0.15) is 32.9 Å². The summed E-state index contributed by atoms with van der Waals surface area (Å²) in [6.07, 6.45) is 0.457. The normalized spacial score (nSPS) is 11.3. The van der Waals surface area contributed by atoms with E-state index in [1.54, 1.807) is 0 Å². The van der Waals surface area contributed by atoms with Gasteiger partial charge in [0.15, 0.2) is 5.13 Å². The van der Waals surface area contributed by atoms with Crippen LogP contribution in [0, 0.1) is 5.41 Å². The van der Waals surface area contributed by atoms with Gasteiger partial charge < -0.3 is 11.1 Å². The van der Waals surface area contributed by atoms with Gasteiger partial charge in [-0.05, 0) is 5.41 Å². The molecule has 0 aliphatic heterocycles. The van der Waals surface area contributed by atoms with Crippen LogP contribution >= 0.6 is 23.1 Å². The average molecular weight is 301 g/mol. The summed E-state index contributed by atoms with van der Waals surface area (Å²) < 4.78 is 0. The number of rotatable bonds is 6. The maximum atomic E-state index is 11.7. The van der Waals surface area contributed by atoms with Crippen molar-refractivity contribution >= 4 is 40.0 Å². The molecule has 1 rings (SSSR count). The van der Waals surface area contributed by atoms with E-state index in [0.717, 1.165) is 5.69 Å². The number of nitrogens with two attached hydrogens (primary N) is 1. The summed E-state index contributed by atoms with van der Waals surface area (Å²) >= 11 is 2.80. The lowest BCUT2D eigenvalue weighted by Crippen LogP contribution is -2.19. The lowest BCUT2D eigenvalue weighted by Gasteiger charge is -2.16. The number of nitrogens with one attached hydrogen (secondary N) is 1. The molecule has 2 amide bonds. The zero-order chi connectivity index (χ0) is 14.5. The average Bonchev–Trinajstić information content (AvgIpc) is 2.61. The summed E-state index contributed by atoms with van der Waals surface area (Å²) in [7, 11) is 0. The smallest absolute Gasteiger partial charge is 0.227 e. The fraction of sp³-hybridized carbons (Fsp3) is 0.583. The minimum atomic E-state index is -0.334. The third-order valence-electron chi connectivity index (χ3n) is 1.98. The minimum absolute atomic E-state index is 0.0295. The molecule has 1 aromatic heterocycles. The lowest BCUT2D eigenvalue weighted by molar-refractivity contribution is -0.118. The Morgan fingerprint density at radius 2 is 2.16 bits per heavy atom. The van der Waals surface area contributed by atoms with Gasteiger partial charge in [-0.15, -0.1) is 23.1 Å². The van der Waals surface area contributed by atoms with Gasteiger partial charge in [-0.25, -0.2) is 4.98 Å². The van der Waals surface area contributed by atoms with Gasteiger partial charge in [-0.2, -0.15) is 0 Å². The molecule has 0 aliphatic rings. The lowest BCUT2D eigenvalue weighted by atomic mass is 9.92. The second kappa shape index (κ2) is 6.91. The first-order valence-corrected chi connectivity index (χ1v) is 7.90. The Balaban J connectivity index is 2.42. The summed E-state index contributed by atoms with van der Waals surface area (Å²) in [5, 5.41) is 5.26. The maximum absolute atomic E-state index is 11.7. The molecular weight excluding hydrogens is 282 g/mol. The van der Waals surface area contributed by atoms with E-state index < -0.39 is 0 Å². The molecule has 5 nitrogen and oxygen atoms in total. The molecule has 0 unspecified atom stereocenters. The molecular formula is C12H19N3O2S2. The number of nitrogens with zero attached hydrogens (tertiary/aromatic N) is 1. The number of anilines is 1. The van der Waals surface area contributed by atoms with E-state index in [2.05, 4.69) is 10.3 Å². The molecule has 0 atom stereocenters. The first-order chi connectivity index (χ1) is 8.76. The Bertz CT molecular complexity index is 452. The largest absolute Gasteiger partial charge is 0.369 e. The van der Waals surface area contributed by atoms with Crippen molar-refractivity contribution < 1.29 is 9.59 Å². The second-order valence-electron chi connectivity index (χ2n) is 5.39. The van der Waals surface area contributed by atoms with Crippen LogP contribution in [0.4, 0.5) is 5.13 Å². The predicted molar refractivity (Wildman–Crippen MR) is 80.2 cm³/mol. The maximum Gasteiger partial charge on any atom is 0.227 e. The number of amides is 2. The van der Waals surface area contributed by atoms with Crippen LogP contribution in [-0.4, -0.2) is 22.6 Å². The number of hydrogen-bond acceptors (Lipinski definition) is 5. The van der Waals surface area contributed by atoms with Gasteiger partial charge in [-0.3, -0.25) is 9.59 Å². The third kappa shape index (κ3) is 7.17. The molecule has 0 bridgehead atoms. The molecule has 0 fully saturated rings. The van der Waals surface area contributed by atoms with E-state index in [4.69, 9.17) is 5.73 Å². The molecule has 1 heterocycles. The fourth-order valence-corrected chi connectivity index (χ4v) is 2.82. The van der Waals surface area contributed by atoms with Crippen LogP contribution in [0.5, 0.6) is 0 Å². The summed E-state index contributed by atoms with van der Waals surface area (Å²) in [5.41, 5.74) is 5.86. The number of thioether (sulfide) groups is 1. The number of carbonyl (C=O) groups excluding carboxylic acids is 2. The molecule has 106 valence electrons. The molecule has 19 heavy (non-hydrogen) atoms. The highest BCUT2D eigenvalue weighted by molar-refractivity contribution is 7.99. The number of primary amides is 1. The zero-order valence-electron chi connectivity index (χ0n) is 11.4. The molecule has 0 aliphatic carbocycles. The van der Waals surface area contributed by atoms with Crippen LogP contribution < -0.4 is 11.1 Å². The summed E-state index contributed by atoms with van der Waals surface area (Å²) in [6, 6.07) is 0. The zero-order valence-corrected chi connectivity index (χ0v) is 13.0. The van der Waals surface area contributed by atoms with Gasteiger partial charge in [0, 0.05) is 17.6 Å². The van der Waals surface area contributed by atoms with Gasteiger partial charge in [0.05, 0.1) is 11.4 Å². The van der Waals surface area contributed by atoms with Gasteiger partial charge in [0.2, 0.25) is 11.8 Å². The van der Waals surface area contributed by atoms with Crippen molar-refractivity contribution in [3.8, 4) is 0 Å². The number of aromatic nitrogens is 1. The van der Waals surface area contributed by atoms with Crippen molar-refractivity contribution in [2.75, 3.05) is 11.1 Å². The van der Waals surface area contributed by atoms with Crippen LogP contribution in [0.25, 0.3) is 0 Å². The summed E-state index contributed by atoms with van der Waals surface area (Å²) in [6.45, 7) is 6.04. The number of carbonyl (C=O) groups is 2. The van der Waals surface area contributed by atoms with Crippen LogP contribution in [0.15, 0.2) is 5.38 Å². The quantitative estimate of drug-likeness (QED) is 0.844. The Hall–Kier alpha value is -1.08. The molecule has 0 spiro atoms. The van der Waals surface area contributed by atoms with Crippen molar-refractivity contribution in [3.05, 3.63) is 11.1 Å². The van der Waals surface area contributed by atoms with Crippen LogP contribution in [0.2, 0.25) is 0 Å². The molecule has 0 saturated heterocycles. The fourth-order valence-electron chi connectivity index (χ4n) is 1.33. The molecule has 1 aromatic rings. The highest BCUT2D eigenvalue weighted by atomic mass is 32.2. The highest BCUT2D eigenvalue weighted by Crippen LogP contribution is 2.22. The Morgan fingerprint density at radius 3 is 2.74 bits per heavy atom. The van der Waals surface area contributed by atoms with Gasteiger partial charge in [0.25, 0.3) is 0 Å². The Labute approximate surface area is 121 Å². The van der Waals surface area contributed by atoms with Crippen molar-refractivity contribution in [3.63, 3.8) is 0 Å². The van der Waals surface area contributed by atoms with E-state index in [-0.39, 0.29) is 23.0 Å². The molecule has 0 saturated carbocycles. The second-order valence-corrected chi connectivity index (χ2v) is 7.23. The molecule has 3 N–H and O–H groups in total. The Morgan fingerprint density at radius 1 is 1.47 bits per heavy atom. The predicted octanol–water partition coefficient (Wildman–Crippen LogP) is 2.24. The number of thiazole rings is 1. The number of hydrogen-bond donors (Lipinski definition) is 2. The third-order valence-corrected chi connectivity index (χ3v) is 3.78. The SMILES string of the molecule is CC(C)(C)CC(=O)Nc1nc(CSCC(N)=O)cs1. The molecule has 0 aromatic carbocycles. The first-order valence-electron chi connectivity index (χ1n) is 5.86. The van der Waals surface area contributed by atoms with E-state index in [9.17, 15) is 9.59 Å². The van der Waals surface area contributed by atoms with Crippen molar-refractivity contribution in [2.24, 2.45) is 11.1 Å². The van der Waals surface area contributed by atoms with Crippen LogP contribution in [-0.2, 0) is 15.3 Å². The monoisotopic (exact) mass is 301 g/mol. The minimum Gasteiger partial charge on any atom is -0.369 e. The summed E-state index contributed by atoms with van der Waals surface area (Å²) in [5.74, 6) is 0.537. The van der Waals surface area contributed by atoms with E-state index in [0.29, 0.717) is 17.3 Å². The van der Waals surface area contributed by atoms with E-state index in [1.807, 2.05) is 26.2 Å². The van der Waals surface area contributed by atoms with Crippen molar-refractivity contribution in [1.82, 2.24) is 4.98 Å². The topological polar surface area (TPSA) is 85.1 Å². The highest BCUT2D eigenvalue weighted by Gasteiger charge is 2.16. The van der Waals surface area contributed by atoms with Gasteiger partial charge in [0.1, 0.15) is 0 Å². The first kappa shape index (κ1) is 16.0. The Kier molecular flexibility index (Phi) is 5.81. The van der Waals surface area contributed by atoms with Crippen molar-refractivity contribution in [2.45, 2.75) is 32.9 Å². The summed E-state index contributed by atoms with van der Waals surface area (Å²) in [4.78, 5) is 26.6. The van der Waals surface area contributed by atoms with E-state index >= 15 is 0 Å². The van der Waals surface area contributed by atoms with Gasteiger partial charge >= 0.3 is 0 Å². The standard InChI is InChI=1S/C12H19N3O2S2/c1-12(2,3)4-10(17)15-11-14-8(6-19-11)5-18-7-9(13)16/h6H,4-5,7H2,1-3H3,(H2,13,16)(H,14,15,17). The molecule has 7 heteroatoms. The van der Waals surface area contributed by atoms with Crippen LogP contribution in [0.3, 0.4) is 0 Å². The molecule has 0 radical (unpaired) electrons. The van der Waals surface area contributed by atoms with E-state index in [1.165, 1.54) is 23.1 Å². The van der Waals surface area contributed by atoms with Crippen molar-refractivity contribution in [1.29, 1.82) is 0 Å². The van der Waals surface area contributed by atoms with Gasteiger partial charge in [-0.1, -0.05) is 20.8 Å².